The number of benzene rings is 3. The van der Waals surface area contributed by atoms with Gasteiger partial charge in [-0.2, -0.15) is 5.10 Å². The van der Waals surface area contributed by atoms with Crippen LogP contribution in [-0.2, 0) is 6.61 Å². The van der Waals surface area contributed by atoms with Crippen LogP contribution < -0.4 is 14.9 Å². The van der Waals surface area contributed by atoms with E-state index in [-0.39, 0.29) is 18.2 Å². The number of nitro groups is 1. The van der Waals surface area contributed by atoms with Gasteiger partial charge in [0.05, 0.1) is 31.0 Å². The molecule has 8 nitrogen and oxygen atoms in total. The Balaban J connectivity index is 1.64. The molecule has 10 heteroatoms. The normalized spacial score (nSPS) is 10.7. The molecule has 0 spiro atoms. The van der Waals surface area contributed by atoms with Crippen LogP contribution in [0.15, 0.2) is 65.8 Å². The Bertz CT molecular complexity index is 1140. The minimum atomic E-state index is -0.435. The molecule has 32 heavy (non-hydrogen) atoms. The molecule has 0 aromatic heterocycles. The van der Waals surface area contributed by atoms with E-state index in [4.69, 9.17) is 9.47 Å². The number of para-hydroxylation sites is 1. The van der Waals surface area contributed by atoms with Gasteiger partial charge in [0.25, 0.3) is 11.6 Å². The molecule has 164 valence electrons. The Morgan fingerprint density at radius 1 is 1.12 bits per heavy atom. The van der Waals surface area contributed by atoms with Crippen molar-refractivity contribution in [1.29, 1.82) is 0 Å². The van der Waals surface area contributed by atoms with E-state index < -0.39 is 4.92 Å². The first-order chi connectivity index (χ1) is 15.4. The summed E-state index contributed by atoms with van der Waals surface area (Å²) in [6, 6.07) is 16.9. The number of hydrazone groups is 1. The van der Waals surface area contributed by atoms with Gasteiger partial charge in [-0.1, -0.05) is 12.1 Å². The first-order valence-corrected chi connectivity index (χ1v) is 11.4. The van der Waals surface area contributed by atoms with Crippen molar-refractivity contribution in [3.05, 3.63) is 94.6 Å². The molecule has 0 fully saturated rings. The summed E-state index contributed by atoms with van der Waals surface area (Å²) in [4.78, 5) is 22.6. The predicted octanol–water partition coefficient (Wildman–Crippen LogP) is 5.16. The van der Waals surface area contributed by atoms with Crippen molar-refractivity contribution in [2.75, 3.05) is 7.11 Å². The highest BCUT2D eigenvalue weighted by Gasteiger charge is 2.12. The zero-order valence-electron chi connectivity index (χ0n) is 16.7. The third-order valence-electron chi connectivity index (χ3n) is 4.28. The van der Waals surface area contributed by atoms with Crippen LogP contribution in [-0.4, -0.2) is 24.2 Å². The molecule has 3 aromatic rings. The lowest BCUT2D eigenvalue weighted by Gasteiger charge is -2.11. The molecular formula is C22H17I2N3O5. The minimum absolute atomic E-state index is 0.0411. The number of nitro benzene ring substituents is 1. The minimum Gasteiger partial charge on any atom is -0.496 e. The smallest absolute Gasteiger partial charge is 0.275 e. The largest absolute Gasteiger partial charge is 0.496 e. The van der Waals surface area contributed by atoms with E-state index in [0.29, 0.717) is 17.1 Å². The number of ether oxygens (including phenoxy) is 2. The van der Waals surface area contributed by atoms with E-state index in [9.17, 15) is 14.9 Å². The monoisotopic (exact) mass is 657 g/mol. The molecule has 0 atom stereocenters. The Kier molecular flexibility index (Phi) is 8.39. The molecule has 0 saturated heterocycles. The average molecular weight is 657 g/mol. The van der Waals surface area contributed by atoms with Crippen molar-refractivity contribution in [2.24, 2.45) is 5.10 Å². The maximum Gasteiger partial charge on any atom is 0.275 e. The van der Waals surface area contributed by atoms with Crippen LogP contribution in [0.4, 0.5) is 5.69 Å². The Labute approximate surface area is 211 Å². The Morgan fingerprint density at radius 3 is 2.41 bits per heavy atom. The second-order valence-electron chi connectivity index (χ2n) is 6.43. The van der Waals surface area contributed by atoms with Crippen LogP contribution >= 0.6 is 45.2 Å². The molecule has 0 heterocycles. The van der Waals surface area contributed by atoms with Gasteiger partial charge < -0.3 is 9.47 Å². The number of hydrogen-bond acceptors (Lipinski definition) is 6. The quantitative estimate of drug-likeness (QED) is 0.156. The number of non-ortho nitro benzene ring substituents is 1. The highest BCUT2D eigenvalue weighted by molar-refractivity contribution is 14.1. The highest BCUT2D eigenvalue weighted by atomic mass is 127. The first-order valence-electron chi connectivity index (χ1n) is 9.20. The third kappa shape index (κ3) is 6.16. The zero-order chi connectivity index (χ0) is 23.1. The van der Waals surface area contributed by atoms with Crippen LogP contribution in [0.5, 0.6) is 11.5 Å². The van der Waals surface area contributed by atoms with Gasteiger partial charge in [-0.15, -0.1) is 0 Å². The molecule has 1 amide bonds. The summed E-state index contributed by atoms with van der Waals surface area (Å²) in [7, 11) is 1.50. The number of carbonyl (C=O) groups is 1. The van der Waals surface area contributed by atoms with Crippen LogP contribution in [0.3, 0.4) is 0 Å². The van der Waals surface area contributed by atoms with Crippen molar-refractivity contribution < 1.29 is 19.2 Å². The number of methoxy groups -OCH3 is 1. The van der Waals surface area contributed by atoms with Gasteiger partial charge in [-0.3, -0.25) is 14.9 Å². The van der Waals surface area contributed by atoms with Crippen molar-refractivity contribution >= 4 is 63.0 Å². The van der Waals surface area contributed by atoms with Crippen LogP contribution in [0.2, 0.25) is 0 Å². The summed E-state index contributed by atoms with van der Waals surface area (Å²) in [5, 5.41) is 14.8. The third-order valence-corrected chi connectivity index (χ3v) is 5.88. The second-order valence-corrected chi connectivity index (χ2v) is 8.75. The van der Waals surface area contributed by atoms with Crippen molar-refractivity contribution in [3.8, 4) is 11.5 Å². The van der Waals surface area contributed by atoms with Crippen molar-refractivity contribution in [3.63, 3.8) is 0 Å². The lowest BCUT2D eigenvalue weighted by atomic mass is 10.2. The summed E-state index contributed by atoms with van der Waals surface area (Å²) in [5.41, 5.74) is 4.56. The van der Waals surface area contributed by atoms with Gasteiger partial charge >= 0.3 is 0 Å². The molecule has 0 unspecified atom stereocenters. The van der Waals surface area contributed by atoms with Gasteiger partial charge in [0, 0.05) is 12.1 Å². The van der Waals surface area contributed by atoms with Gasteiger partial charge in [0.1, 0.15) is 18.1 Å². The lowest BCUT2D eigenvalue weighted by Crippen LogP contribution is -2.18. The maximum atomic E-state index is 12.3. The first kappa shape index (κ1) is 23.9. The van der Waals surface area contributed by atoms with E-state index >= 15 is 0 Å². The van der Waals surface area contributed by atoms with Gasteiger partial charge in [-0.25, -0.2) is 5.43 Å². The molecule has 3 rings (SSSR count). The molecule has 3 aromatic carbocycles. The molecule has 1 N–H and O–H groups in total. The van der Waals surface area contributed by atoms with Gasteiger partial charge in [0.15, 0.2) is 0 Å². The molecule has 0 aliphatic heterocycles. The van der Waals surface area contributed by atoms with E-state index in [1.54, 1.807) is 42.6 Å². The van der Waals surface area contributed by atoms with Gasteiger partial charge in [0.2, 0.25) is 0 Å². The van der Waals surface area contributed by atoms with E-state index in [1.807, 2.05) is 12.1 Å². The van der Waals surface area contributed by atoms with Crippen LogP contribution in [0.1, 0.15) is 21.5 Å². The number of halogens is 2. The highest BCUT2D eigenvalue weighted by Crippen LogP contribution is 2.29. The standard InChI is InChI=1S/C22H17I2N3O5/c1-31-20-5-3-2-4-17(20)22(28)26-25-12-15-10-18(23)21(19(24)11-15)32-13-14-6-8-16(9-7-14)27(29)30/h2-12H,13H2,1H3,(H,26,28)/b25-12-. The fourth-order valence-electron chi connectivity index (χ4n) is 2.72. The van der Waals surface area contributed by atoms with E-state index in [1.165, 1.54) is 19.2 Å². The summed E-state index contributed by atoms with van der Waals surface area (Å²) < 4.78 is 12.8. The second kappa shape index (κ2) is 11.2. The van der Waals surface area contributed by atoms with Crippen LogP contribution in [0, 0.1) is 17.3 Å². The fraction of sp³-hybridized carbons (Fsp3) is 0.0909. The number of carbonyl (C=O) groups excluding carboxylic acids is 1. The Hall–Kier alpha value is -2.74. The number of nitrogens with one attached hydrogen (secondary N) is 1. The maximum absolute atomic E-state index is 12.3. The SMILES string of the molecule is COc1ccccc1C(=O)N/N=C\c1cc(I)c(OCc2ccc([N+](=O)[O-])cc2)c(I)c1. The average Bonchev–Trinajstić information content (AvgIpc) is 2.78. The summed E-state index contributed by atoms with van der Waals surface area (Å²) >= 11 is 4.33. The molecule has 0 bridgehead atoms. The Morgan fingerprint density at radius 2 is 1.78 bits per heavy atom. The number of hydrogen-bond donors (Lipinski definition) is 1. The topological polar surface area (TPSA) is 103 Å². The number of rotatable bonds is 8. The van der Waals surface area contributed by atoms with Crippen molar-refractivity contribution in [2.45, 2.75) is 6.61 Å². The zero-order valence-corrected chi connectivity index (χ0v) is 21.1. The molecule has 0 aliphatic rings. The molecular weight excluding hydrogens is 640 g/mol. The fourth-order valence-corrected chi connectivity index (χ4v) is 4.85. The number of nitrogens with zero attached hydrogens (tertiary/aromatic N) is 2. The van der Waals surface area contributed by atoms with Gasteiger partial charge in [-0.05, 0) is 92.7 Å². The summed E-state index contributed by atoms with van der Waals surface area (Å²) in [5.74, 6) is 0.810. The molecule has 0 aliphatic carbocycles. The molecule has 0 saturated carbocycles. The molecule has 0 radical (unpaired) electrons. The predicted molar refractivity (Wildman–Crippen MR) is 137 cm³/mol. The van der Waals surface area contributed by atoms with Crippen molar-refractivity contribution in [1.82, 2.24) is 5.43 Å². The summed E-state index contributed by atoms with van der Waals surface area (Å²) in [6.07, 6.45) is 1.55. The number of amides is 1. The summed E-state index contributed by atoms with van der Waals surface area (Å²) in [6.45, 7) is 0.284. The lowest BCUT2D eigenvalue weighted by molar-refractivity contribution is -0.384. The van der Waals surface area contributed by atoms with Crippen LogP contribution in [0.25, 0.3) is 0 Å². The van der Waals surface area contributed by atoms with E-state index in [0.717, 1.165) is 18.3 Å². The van der Waals surface area contributed by atoms with E-state index in [2.05, 4.69) is 55.7 Å².